The molecular formula is C25H36N4O6. The van der Waals surface area contributed by atoms with Gasteiger partial charge in [0.2, 0.25) is 17.7 Å². The molecule has 0 aromatic heterocycles. The first kappa shape index (κ1) is 29.5. The third-order valence-electron chi connectivity index (χ3n) is 5.47. The van der Waals surface area contributed by atoms with Crippen molar-refractivity contribution in [3.63, 3.8) is 0 Å². The number of amides is 3. The Morgan fingerprint density at radius 1 is 1.00 bits per heavy atom. The highest BCUT2D eigenvalue weighted by Crippen LogP contribution is 2.12. The molecule has 0 fully saturated rings. The van der Waals surface area contributed by atoms with Crippen LogP contribution in [0.15, 0.2) is 35.3 Å². The summed E-state index contributed by atoms with van der Waals surface area (Å²) in [4.78, 5) is 63.3. The molecule has 0 saturated heterocycles. The Balaban J connectivity index is 2.62. The predicted octanol–water partition coefficient (Wildman–Crippen LogP) is 2.14. The van der Waals surface area contributed by atoms with Crippen molar-refractivity contribution in [3.8, 4) is 0 Å². The molecule has 1 aromatic carbocycles. The van der Waals surface area contributed by atoms with Gasteiger partial charge in [0.05, 0.1) is 24.6 Å². The molecule has 3 amide bonds. The fourth-order valence-electron chi connectivity index (χ4n) is 3.43. The molecule has 0 aliphatic carbocycles. The molecule has 4 atom stereocenters. The quantitative estimate of drug-likeness (QED) is 0.206. The minimum absolute atomic E-state index is 0.0665. The van der Waals surface area contributed by atoms with Crippen LogP contribution in [0.25, 0.3) is 0 Å². The summed E-state index contributed by atoms with van der Waals surface area (Å²) >= 11 is 0. The van der Waals surface area contributed by atoms with Gasteiger partial charge in [0.1, 0.15) is 6.29 Å². The monoisotopic (exact) mass is 488 g/mol. The van der Waals surface area contributed by atoms with Gasteiger partial charge >= 0.3 is 5.97 Å². The number of rotatable bonds is 16. The summed E-state index contributed by atoms with van der Waals surface area (Å²) in [5.74, 6) is -2.40. The van der Waals surface area contributed by atoms with Gasteiger partial charge in [-0.1, -0.05) is 38.5 Å². The second-order valence-electron chi connectivity index (χ2n) is 8.50. The number of carbonyl (C=O) groups is 5. The molecular weight excluding hydrogens is 452 g/mol. The Bertz CT molecular complexity index is 874. The highest BCUT2D eigenvalue weighted by molar-refractivity contribution is 5.85. The molecule has 0 spiro atoms. The van der Waals surface area contributed by atoms with Crippen LogP contribution in [-0.2, 0) is 24.0 Å². The van der Waals surface area contributed by atoms with Crippen LogP contribution >= 0.6 is 0 Å². The Morgan fingerprint density at radius 2 is 1.66 bits per heavy atom. The molecule has 0 aliphatic heterocycles. The summed E-state index contributed by atoms with van der Waals surface area (Å²) in [5.41, 5.74) is 0.798. The number of hydrogen-bond donors (Lipinski definition) is 4. The number of aliphatic imine (C=N–C) groups is 1. The van der Waals surface area contributed by atoms with Gasteiger partial charge < -0.3 is 25.9 Å². The van der Waals surface area contributed by atoms with Crippen LogP contribution < -0.4 is 16.0 Å². The maximum Gasteiger partial charge on any atom is 0.305 e. The number of benzene rings is 1. The predicted molar refractivity (Wildman–Crippen MR) is 132 cm³/mol. The average molecular weight is 489 g/mol. The molecule has 0 saturated carbocycles. The van der Waals surface area contributed by atoms with Crippen LogP contribution in [0.3, 0.4) is 0 Å². The molecule has 1 rings (SSSR count). The number of carboxylic acid groups (broad SMARTS) is 1. The van der Waals surface area contributed by atoms with Gasteiger partial charge in [-0.05, 0) is 30.9 Å². The van der Waals surface area contributed by atoms with Crippen molar-refractivity contribution < 1.29 is 29.1 Å². The summed E-state index contributed by atoms with van der Waals surface area (Å²) in [6.07, 6.45) is 3.22. The zero-order valence-electron chi connectivity index (χ0n) is 20.5. The lowest BCUT2D eigenvalue weighted by Crippen LogP contribution is -2.46. The second kappa shape index (κ2) is 16.1. The SMILES string of the molecule is CCC(C)C(CC(=O)O)NC(=O)CC(C=O)NC(=O)CC(CCC=Nc1ccccc1)NC(C)=O. The van der Waals surface area contributed by atoms with Crippen LogP contribution in [0.1, 0.15) is 59.3 Å². The van der Waals surface area contributed by atoms with Crippen LogP contribution in [0, 0.1) is 5.92 Å². The lowest BCUT2D eigenvalue weighted by atomic mass is 9.96. The van der Waals surface area contributed by atoms with E-state index in [9.17, 15) is 24.0 Å². The number of aldehydes is 1. The van der Waals surface area contributed by atoms with Gasteiger partial charge in [-0.25, -0.2) is 0 Å². The zero-order valence-corrected chi connectivity index (χ0v) is 20.5. The van der Waals surface area contributed by atoms with Crippen molar-refractivity contribution in [2.75, 3.05) is 0 Å². The molecule has 4 unspecified atom stereocenters. The van der Waals surface area contributed by atoms with Gasteiger partial charge in [-0.3, -0.25) is 24.2 Å². The summed E-state index contributed by atoms with van der Waals surface area (Å²) in [7, 11) is 0. The summed E-state index contributed by atoms with van der Waals surface area (Å²) < 4.78 is 0. The van der Waals surface area contributed by atoms with Gasteiger partial charge in [-0.2, -0.15) is 0 Å². The van der Waals surface area contributed by atoms with E-state index in [1.54, 1.807) is 6.21 Å². The maximum atomic E-state index is 12.5. The third kappa shape index (κ3) is 13.0. The van der Waals surface area contributed by atoms with Crippen molar-refractivity contribution >= 4 is 41.9 Å². The molecule has 4 N–H and O–H groups in total. The Kier molecular flexibility index (Phi) is 13.6. The van der Waals surface area contributed by atoms with E-state index in [0.717, 1.165) is 5.69 Å². The van der Waals surface area contributed by atoms with E-state index in [-0.39, 0.29) is 31.1 Å². The van der Waals surface area contributed by atoms with Crippen molar-refractivity contribution in [2.45, 2.75) is 77.4 Å². The highest BCUT2D eigenvalue weighted by Gasteiger charge is 2.24. The number of carboxylic acids is 1. The first-order valence-corrected chi connectivity index (χ1v) is 11.7. The van der Waals surface area contributed by atoms with Crippen molar-refractivity contribution in [2.24, 2.45) is 10.9 Å². The van der Waals surface area contributed by atoms with Gasteiger partial charge in [0, 0.05) is 31.6 Å². The first-order chi connectivity index (χ1) is 16.6. The lowest BCUT2D eigenvalue weighted by molar-refractivity contribution is -0.138. The molecule has 0 bridgehead atoms. The molecule has 0 heterocycles. The number of nitrogens with one attached hydrogen (secondary N) is 3. The average Bonchev–Trinajstić information content (AvgIpc) is 2.80. The zero-order chi connectivity index (χ0) is 26.2. The number of para-hydroxylation sites is 1. The van der Waals surface area contributed by atoms with E-state index in [4.69, 9.17) is 5.11 Å². The van der Waals surface area contributed by atoms with Crippen LogP contribution in [0.2, 0.25) is 0 Å². The van der Waals surface area contributed by atoms with Gasteiger partial charge in [-0.15, -0.1) is 0 Å². The summed E-state index contributed by atoms with van der Waals surface area (Å²) in [6, 6.07) is 7.24. The lowest BCUT2D eigenvalue weighted by Gasteiger charge is -2.24. The molecule has 10 heteroatoms. The smallest absolute Gasteiger partial charge is 0.305 e. The second-order valence-corrected chi connectivity index (χ2v) is 8.50. The standard InChI is InChI=1S/C25H36N4O6/c1-4-17(2)22(15-25(34)35)29-24(33)14-21(16-30)28-23(32)13-20(27-18(3)31)11-8-12-26-19-9-6-5-7-10-19/h5-7,9-10,12,16-17,20-22H,4,8,11,13-15H2,1-3H3,(H,27,31)(H,28,32)(H,29,33)(H,34,35). The third-order valence-corrected chi connectivity index (χ3v) is 5.47. The topological polar surface area (TPSA) is 154 Å². The largest absolute Gasteiger partial charge is 0.481 e. The number of nitrogens with zero attached hydrogens (tertiary/aromatic N) is 1. The minimum Gasteiger partial charge on any atom is -0.481 e. The first-order valence-electron chi connectivity index (χ1n) is 11.7. The highest BCUT2D eigenvalue weighted by atomic mass is 16.4. The van der Waals surface area contributed by atoms with E-state index in [0.29, 0.717) is 25.5 Å². The number of carbonyl (C=O) groups excluding carboxylic acids is 4. The fraction of sp³-hybridized carbons (Fsp3) is 0.520. The number of aliphatic carboxylic acids is 1. The number of hydrogen-bond acceptors (Lipinski definition) is 6. The van der Waals surface area contributed by atoms with E-state index in [1.165, 1.54) is 6.92 Å². The summed E-state index contributed by atoms with van der Waals surface area (Å²) in [5, 5.41) is 16.9. The molecule has 35 heavy (non-hydrogen) atoms. The molecule has 1 aromatic rings. The Labute approximate surface area is 206 Å². The van der Waals surface area contributed by atoms with Crippen molar-refractivity contribution in [1.29, 1.82) is 0 Å². The Morgan fingerprint density at radius 3 is 2.23 bits per heavy atom. The van der Waals surface area contributed by atoms with Crippen LogP contribution in [-0.4, -0.2) is 59.4 Å². The maximum absolute atomic E-state index is 12.5. The van der Waals surface area contributed by atoms with E-state index in [1.807, 2.05) is 44.2 Å². The molecule has 10 nitrogen and oxygen atoms in total. The molecule has 0 radical (unpaired) electrons. The normalized spacial score (nSPS) is 14.4. The van der Waals surface area contributed by atoms with E-state index < -0.39 is 35.9 Å². The van der Waals surface area contributed by atoms with Crippen LogP contribution in [0.5, 0.6) is 0 Å². The summed E-state index contributed by atoms with van der Waals surface area (Å²) in [6.45, 7) is 5.07. The van der Waals surface area contributed by atoms with Crippen molar-refractivity contribution in [3.05, 3.63) is 30.3 Å². The Hall–Kier alpha value is -3.56. The van der Waals surface area contributed by atoms with Crippen molar-refractivity contribution in [1.82, 2.24) is 16.0 Å². The van der Waals surface area contributed by atoms with Gasteiger partial charge in [0.15, 0.2) is 0 Å². The van der Waals surface area contributed by atoms with E-state index in [2.05, 4.69) is 20.9 Å². The van der Waals surface area contributed by atoms with E-state index >= 15 is 0 Å². The fourth-order valence-corrected chi connectivity index (χ4v) is 3.43. The molecule has 0 aliphatic rings. The van der Waals surface area contributed by atoms with Crippen LogP contribution in [0.4, 0.5) is 5.69 Å². The minimum atomic E-state index is -1.07. The van der Waals surface area contributed by atoms with Gasteiger partial charge in [0.25, 0.3) is 0 Å². The molecule has 192 valence electrons.